The number of sulfone groups is 1. The van der Waals surface area contributed by atoms with Crippen LogP contribution in [0.15, 0.2) is 102 Å². The van der Waals surface area contributed by atoms with E-state index >= 15 is 0 Å². The van der Waals surface area contributed by atoms with Crippen LogP contribution in [0.4, 0.5) is 0 Å². The molecule has 0 aliphatic rings. The zero-order valence-corrected chi connectivity index (χ0v) is 30.2. The first kappa shape index (κ1) is 39.5. The van der Waals surface area contributed by atoms with Crippen molar-refractivity contribution >= 4 is 54.2 Å². The largest absolute Gasteiger partial charge is 0.495 e. The lowest BCUT2D eigenvalue weighted by Gasteiger charge is -2.28. The molecule has 0 bridgehead atoms. The van der Waals surface area contributed by atoms with Crippen LogP contribution in [0.1, 0.15) is 30.5 Å². The minimum atomic E-state index is -5.10. The van der Waals surface area contributed by atoms with Crippen molar-refractivity contribution < 1.29 is 73.1 Å². The molecule has 0 fully saturated rings. The Bertz CT molecular complexity index is 2220. The summed E-state index contributed by atoms with van der Waals surface area (Å²) in [7, 11) is -12.9. The van der Waals surface area contributed by atoms with Crippen molar-refractivity contribution in [2.75, 3.05) is 7.11 Å². The van der Waals surface area contributed by atoms with Crippen molar-refractivity contribution in [1.29, 1.82) is 0 Å². The van der Waals surface area contributed by atoms with E-state index in [1.807, 2.05) is 0 Å². The third kappa shape index (κ3) is 8.77. The molecule has 0 aliphatic heterocycles. The molecule has 0 aliphatic carbocycles. The van der Waals surface area contributed by atoms with Gasteiger partial charge in [-0.3, -0.25) is 9.11 Å². The van der Waals surface area contributed by atoms with Crippen LogP contribution in [-0.4, -0.2) is 52.0 Å². The van der Waals surface area contributed by atoms with Crippen molar-refractivity contribution in [2.45, 2.75) is 55.6 Å². The van der Waals surface area contributed by atoms with Gasteiger partial charge in [-0.1, -0.05) is 42.1 Å². The summed E-state index contributed by atoms with van der Waals surface area (Å²) in [5, 5.41) is 24.6. The van der Waals surface area contributed by atoms with Crippen LogP contribution in [0.2, 0.25) is 0 Å². The van der Waals surface area contributed by atoms with Gasteiger partial charge >= 0.3 is 0 Å². The van der Waals surface area contributed by atoms with Crippen molar-refractivity contribution in [2.24, 2.45) is 0 Å². The van der Waals surface area contributed by atoms with Gasteiger partial charge in [-0.05, 0) is 78.2 Å². The normalized spacial score (nSPS) is 12.6. The Hall–Kier alpha value is -3.29. The molecule has 4 aromatic carbocycles. The average molecular weight is 793 g/mol. The predicted molar refractivity (Wildman–Crippen MR) is 176 cm³/mol. The van der Waals surface area contributed by atoms with Crippen LogP contribution in [0.5, 0.6) is 17.2 Å². The van der Waals surface area contributed by atoms with Gasteiger partial charge in [0.1, 0.15) is 27.0 Å². The van der Waals surface area contributed by atoms with Crippen molar-refractivity contribution in [3.63, 3.8) is 0 Å². The van der Waals surface area contributed by atoms with E-state index in [4.69, 9.17) is 20.0 Å². The first-order chi connectivity index (χ1) is 23.3. The van der Waals surface area contributed by atoms with Gasteiger partial charge in [-0.2, -0.15) is 16.8 Å². The molecule has 270 valence electrons. The molecule has 0 saturated heterocycles. The van der Waals surface area contributed by atoms with E-state index < -0.39 is 55.9 Å². The van der Waals surface area contributed by atoms with Crippen LogP contribution in [-0.2, 0) is 54.2 Å². The van der Waals surface area contributed by atoms with E-state index in [1.54, 1.807) is 32.9 Å². The SMILES string of the molecule is COc1ccc(C(C)(C)c2ccc(Oc3ccc(S(=O)(=O)c4ccc(C)c(SOOO)c4)cc3S(=O)(=O)O)c(SOOO)c2)cc1S(=O)(=O)O. The Morgan fingerprint density at radius 2 is 1.12 bits per heavy atom. The second kappa shape index (κ2) is 15.5. The maximum atomic E-state index is 13.5. The number of hydrogen-bond acceptors (Lipinski definition) is 16. The molecule has 50 heavy (non-hydrogen) atoms. The molecule has 21 heteroatoms. The highest BCUT2D eigenvalue weighted by Gasteiger charge is 2.29. The standard InChI is InChI=1S/C29H28O16S5/c1-17-5-8-20(15-25(17)46-44-42-30)48(32,33)21-9-12-24(28(16-21)50(37,38)39)41-22-10-6-18(13-26(22)47-45-43-31)29(2,3)19-7-11-23(40-4)27(14-19)49(34,35)36/h5-16,30-31H,1-4H3,(H,34,35,36)(H,37,38,39). The second-order valence-electron chi connectivity index (χ2n) is 10.7. The highest BCUT2D eigenvalue weighted by atomic mass is 32.2. The Balaban J connectivity index is 1.77. The molecule has 4 aromatic rings. The predicted octanol–water partition coefficient (Wildman–Crippen LogP) is 6.30. The van der Waals surface area contributed by atoms with E-state index in [9.17, 15) is 34.4 Å². The minimum absolute atomic E-state index is 0.0740. The summed E-state index contributed by atoms with van der Waals surface area (Å²) in [6.45, 7) is 5.10. The highest BCUT2D eigenvalue weighted by molar-refractivity contribution is 7.95. The van der Waals surface area contributed by atoms with Crippen molar-refractivity contribution in [3.8, 4) is 17.2 Å². The summed E-state index contributed by atoms with van der Waals surface area (Å²) < 4.78 is 116. The van der Waals surface area contributed by atoms with Crippen molar-refractivity contribution in [1.82, 2.24) is 0 Å². The average Bonchev–Trinajstić information content (AvgIpc) is 3.06. The fourth-order valence-corrected chi connectivity index (χ4v) is 8.35. The van der Waals surface area contributed by atoms with Gasteiger partial charge in [0.25, 0.3) is 20.2 Å². The second-order valence-corrected chi connectivity index (χ2v) is 16.9. The smallest absolute Gasteiger partial charge is 0.298 e. The lowest BCUT2D eigenvalue weighted by Crippen LogP contribution is -2.20. The topological polar surface area (TPSA) is 239 Å². The molecular weight excluding hydrogens is 765 g/mol. The maximum absolute atomic E-state index is 13.5. The fraction of sp³-hybridized carbons (Fsp3) is 0.172. The monoisotopic (exact) mass is 792 g/mol. The first-order valence-corrected chi connectivity index (χ1v) is 19.4. The van der Waals surface area contributed by atoms with Crippen LogP contribution >= 0.6 is 24.1 Å². The summed E-state index contributed by atoms with van der Waals surface area (Å²) in [5.74, 6) is -0.682. The number of benzene rings is 4. The highest BCUT2D eigenvalue weighted by Crippen LogP contribution is 2.42. The maximum Gasteiger partial charge on any atom is 0.298 e. The van der Waals surface area contributed by atoms with Gasteiger partial charge in [-0.25, -0.2) is 18.9 Å². The molecule has 4 N–H and O–H groups in total. The molecule has 0 heterocycles. The van der Waals surface area contributed by atoms with Crippen LogP contribution in [0.3, 0.4) is 0 Å². The summed E-state index contributed by atoms with van der Waals surface area (Å²) in [5.41, 5.74) is 0.525. The zero-order valence-electron chi connectivity index (χ0n) is 26.2. The van der Waals surface area contributed by atoms with Gasteiger partial charge in [0.15, 0.2) is 0 Å². The van der Waals surface area contributed by atoms with E-state index in [1.165, 1.54) is 49.6 Å². The summed E-state index contributed by atoms with van der Waals surface area (Å²) >= 11 is 0.959. The molecule has 0 saturated carbocycles. The van der Waals surface area contributed by atoms with Gasteiger partial charge in [-0.15, -0.1) is 8.67 Å². The molecule has 0 aromatic heterocycles. The zero-order chi connectivity index (χ0) is 37.1. The van der Waals surface area contributed by atoms with E-state index in [2.05, 4.69) is 18.7 Å². The number of hydrogen-bond donors (Lipinski definition) is 4. The van der Waals surface area contributed by atoms with Crippen molar-refractivity contribution in [3.05, 3.63) is 89.5 Å². The lowest BCUT2D eigenvalue weighted by molar-refractivity contribution is -0.432. The van der Waals surface area contributed by atoms with E-state index in [0.29, 0.717) is 46.8 Å². The quantitative estimate of drug-likeness (QED) is 0.0447. The third-order valence-corrected chi connectivity index (χ3v) is 12.2. The Morgan fingerprint density at radius 3 is 1.70 bits per heavy atom. The molecule has 16 nitrogen and oxygen atoms in total. The number of rotatable bonds is 15. The van der Waals surface area contributed by atoms with E-state index in [-0.39, 0.29) is 26.2 Å². The fourth-order valence-electron chi connectivity index (χ4n) is 4.62. The van der Waals surface area contributed by atoms with Crippen LogP contribution in [0.25, 0.3) is 0 Å². The molecule has 4 rings (SSSR count). The Morgan fingerprint density at radius 1 is 0.620 bits per heavy atom. The number of ether oxygens (including phenoxy) is 2. The molecule has 0 spiro atoms. The first-order valence-electron chi connectivity index (χ1n) is 13.6. The van der Waals surface area contributed by atoms with Gasteiger partial charge in [0, 0.05) is 10.3 Å². The molecular formula is C29H28O16S5. The van der Waals surface area contributed by atoms with Crippen LogP contribution in [0, 0.1) is 6.92 Å². The Kier molecular flexibility index (Phi) is 12.3. The summed E-state index contributed by atoms with van der Waals surface area (Å²) in [6.07, 6.45) is 0. The van der Waals surface area contributed by atoms with Gasteiger partial charge in [0.05, 0.1) is 45.9 Å². The van der Waals surface area contributed by atoms with Crippen LogP contribution < -0.4 is 9.47 Å². The van der Waals surface area contributed by atoms with Gasteiger partial charge in [0.2, 0.25) is 9.84 Å². The molecule has 0 unspecified atom stereocenters. The van der Waals surface area contributed by atoms with E-state index in [0.717, 1.165) is 12.1 Å². The molecule has 0 amide bonds. The third-order valence-electron chi connectivity index (χ3n) is 7.33. The number of methoxy groups -OCH3 is 1. The van der Waals surface area contributed by atoms with Gasteiger partial charge < -0.3 is 9.47 Å². The molecule has 0 atom stereocenters. The summed E-state index contributed by atoms with van der Waals surface area (Å²) in [4.78, 5) is -1.85. The Labute approximate surface area is 295 Å². The number of aryl methyl sites for hydroxylation is 1. The lowest BCUT2D eigenvalue weighted by atomic mass is 9.78. The minimum Gasteiger partial charge on any atom is -0.495 e. The molecule has 0 radical (unpaired) electrons. The summed E-state index contributed by atoms with van der Waals surface area (Å²) in [6, 6.07) is 15.3.